The lowest BCUT2D eigenvalue weighted by atomic mass is 10.0. The molecule has 0 saturated carbocycles. The van der Waals surface area contributed by atoms with E-state index in [1.165, 1.54) is 424 Å². The first-order valence-corrected chi connectivity index (χ1v) is 45.3. The van der Waals surface area contributed by atoms with Crippen molar-refractivity contribution in [2.45, 2.75) is 495 Å². The lowest BCUT2D eigenvalue weighted by Gasteiger charge is -2.24. The van der Waals surface area contributed by atoms with Crippen molar-refractivity contribution in [3.05, 3.63) is 0 Å². The van der Waals surface area contributed by atoms with Gasteiger partial charge in [0.05, 0.1) is 27.7 Å². The number of rotatable bonds is 84. The molecule has 0 radical (unpaired) electrons. The summed E-state index contributed by atoms with van der Waals surface area (Å²) in [6.07, 6.45) is 98.8. The molecule has 2 unspecified atom stereocenters. The summed E-state index contributed by atoms with van der Waals surface area (Å²) in [5, 5.41) is 0. The Balaban J connectivity index is 3.82. The van der Waals surface area contributed by atoms with Crippen LogP contribution in [0.2, 0.25) is 0 Å². The topological polar surface area (TPSA) is 108 Å². The number of hydrogen-bond donors (Lipinski definition) is 1. The number of phosphoric acid groups is 1. The third kappa shape index (κ3) is 82.0. The molecule has 0 aromatic rings. The molecule has 0 aliphatic heterocycles. The molecule has 1 N–H and O–H groups in total. The molecule has 0 aromatic heterocycles. The van der Waals surface area contributed by atoms with Crippen LogP contribution in [0.3, 0.4) is 0 Å². The van der Waals surface area contributed by atoms with E-state index in [9.17, 15) is 19.0 Å². The summed E-state index contributed by atoms with van der Waals surface area (Å²) < 4.78 is 34.9. The minimum absolute atomic E-state index is 0.0379. The molecule has 0 amide bonds. The number of carbonyl (C=O) groups is 2. The average Bonchev–Trinajstić information content (AvgIpc) is 1.77. The number of nitrogens with zero attached hydrogens (tertiary/aromatic N) is 1. The molecule has 0 spiro atoms. The molecule has 0 aliphatic carbocycles. The van der Waals surface area contributed by atoms with Gasteiger partial charge in [-0.05, 0) is 12.8 Å². The average molecular weight is 1380 g/mol. The third-order valence-electron chi connectivity index (χ3n) is 20.6. The Labute approximate surface area is 601 Å². The summed E-state index contributed by atoms with van der Waals surface area (Å²) >= 11 is 0. The minimum Gasteiger partial charge on any atom is -0.462 e. The lowest BCUT2D eigenvalue weighted by molar-refractivity contribution is -0.870. The zero-order valence-electron chi connectivity index (χ0n) is 65.9. The first kappa shape index (κ1) is 95.0. The minimum atomic E-state index is -4.39. The third-order valence-corrected chi connectivity index (χ3v) is 21.6. The highest BCUT2D eigenvalue weighted by Gasteiger charge is 2.27. The number of likely N-dealkylation sites (N-methyl/N-ethyl adjacent to an activating group) is 1. The lowest BCUT2D eigenvalue weighted by Crippen LogP contribution is -2.37. The number of phosphoric ester groups is 1. The summed E-state index contributed by atoms with van der Waals surface area (Å²) in [4.78, 5) is 36.0. The largest absolute Gasteiger partial charge is 0.472 e. The molecule has 0 heterocycles. The molecular formula is C86H173NO8P+. The van der Waals surface area contributed by atoms with Crippen molar-refractivity contribution in [1.29, 1.82) is 0 Å². The number of quaternary nitrogens is 1. The van der Waals surface area contributed by atoms with E-state index >= 15 is 0 Å². The van der Waals surface area contributed by atoms with E-state index < -0.39 is 26.5 Å². The van der Waals surface area contributed by atoms with Crippen LogP contribution in [0, 0.1) is 0 Å². The van der Waals surface area contributed by atoms with Gasteiger partial charge in [-0.25, -0.2) is 4.57 Å². The van der Waals surface area contributed by atoms with E-state index in [1.807, 2.05) is 21.1 Å². The molecular weight excluding hydrogens is 1210 g/mol. The first-order chi connectivity index (χ1) is 47.0. The van der Waals surface area contributed by atoms with E-state index in [2.05, 4.69) is 13.8 Å². The number of ether oxygens (including phenoxy) is 2. The van der Waals surface area contributed by atoms with Crippen molar-refractivity contribution in [1.82, 2.24) is 0 Å². The van der Waals surface area contributed by atoms with Crippen molar-refractivity contribution in [2.24, 2.45) is 0 Å². The number of unbranched alkanes of at least 4 members (excludes halogenated alkanes) is 70. The summed E-state index contributed by atoms with van der Waals surface area (Å²) in [6, 6.07) is 0. The SMILES string of the molecule is CCCCCCCCCCCCCCCCCCCCCCCCCCCCCCCCCCCCCCCCCCC(=O)OC(COC(=O)CCCCCCCCCCCCCCCCCCCCCCCCCCCCCCCCCC)COP(=O)(O)OCC[N+](C)(C)C. The van der Waals surface area contributed by atoms with Gasteiger partial charge < -0.3 is 18.9 Å². The summed E-state index contributed by atoms with van der Waals surface area (Å²) in [6.45, 7) is 4.55. The van der Waals surface area contributed by atoms with E-state index in [4.69, 9.17) is 18.5 Å². The highest BCUT2D eigenvalue weighted by Crippen LogP contribution is 2.43. The van der Waals surface area contributed by atoms with Crippen LogP contribution in [0.5, 0.6) is 0 Å². The summed E-state index contributed by atoms with van der Waals surface area (Å²) in [5.41, 5.74) is 0. The van der Waals surface area contributed by atoms with Crippen molar-refractivity contribution < 1.29 is 42.1 Å². The first-order valence-electron chi connectivity index (χ1n) is 43.8. The smallest absolute Gasteiger partial charge is 0.462 e. The summed E-state index contributed by atoms with van der Waals surface area (Å²) in [5.74, 6) is -0.763. The zero-order valence-corrected chi connectivity index (χ0v) is 66.8. The van der Waals surface area contributed by atoms with E-state index in [0.717, 1.165) is 38.5 Å². The number of carbonyl (C=O) groups excluding carboxylic acids is 2. The van der Waals surface area contributed by atoms with Gasteiger partial charge in [-0.3, -0.25) is 18.6 Å². The molecule has 574 valence electrons. The van der Waals surface area contributed by atoms with Gasteiger partial charge >= 0.3 is 19.8 Å². The standard InChI is InChI=1S/C86H172NO8P/c1-6-8-10-12-14-16-18-20-22-24-26-28-30-32-34-36-38-40-41-42-43-44-45-46-47-49-51-53-55-57-59-61-63-65-67-69-71-73-75-77-79-86(89)95-84(83-94-96(90,91)93-81-80-87(3,4)5)82-92-85(88)78-76-74-72-70-68-66-64-62-60-58-56-54-52-50-48-39-37-35-33-31-29-27-25-23-21-19-17-15-13-11-9-7-2/h84H,6-83H2,1-5H3/p+1. The van der Waals surface area contributed by atoms with Gasteiger partial charge in [-0.1, -0.05) is 463 Å². The predicted octanol–water partition coefficient (Wildman–Crippen LogP) is 29.2. The Hall–Kier alpha value is -0.990. The molecule has 2 atom stereocenters. The van der Waals surface area contributed by atoms with Gasteiger partial charge in [-0.2, -0.15) is 0 Å². The monoisotopic (exact) mass is 1380 g/mol. The second-order valence-corrected chi connectivity index (χ2v) is 33.1. The number of hydrogen-bond acceptors (Lipinski definition) is 7. The van der Waals surface area contributed by atoms with Crippen LogP contribution in [0.25, 0.3) is 0 Å². The van der Waals surface area contributed by atoms with Crippen LogP contribution in [0.4, 0.5) is 0 Å². The second kappa shape index (κ2) is 78.2. The van der Waals surface area contributed by atoms with Crippen LogP contribution >= 0.6 is 7.82 Å². The molecule has 0 aromatic carbocycles. The van der Waals surface area contributed by atoms with Crippen LogP contribution < -0.4 is 0 Å². The molecule has 96 heavy (non-hydrogen) atoms. The highest BCUT2D eigenvalue weighted by atomic mass is 31.2. The fraction of sp³-hybridized carbons (Fsp3) is 0.977. The maximum atomic E-state index is 12.9. The Bertz CT molecular complexity index is 1570. The van der Waals surface area contributed by atoms with E-state index in [-0.39, 0.29) is 25.6 Å². The quantitative estimate of drug-likeness (QED) is 0.0278. The molecule has 0 rings (SSSR count). The van der Waals surface area contributed by atoms with Crippen LogP contribution in [-0.2, 0) is 32.7 Å². The second-order valence-electron chi connectivity index (χ2n) is 31.7. The van der Waals surface area contributed by atoms with Gasteiger partial charge in [0.15, 0.2) is 6.10 Å². The van der Waals surface area contributed by atoms with Gasteiger partial charge in [0.25, 0.3) is 0 Å². The normalized spacial score (nSPS) is 12.9. The van der Waals surface area contributed by atoms with Crippen LogP contribution in [0.1, 0.15) is 489 Å². The maximum Gasteiger partial charge on any atom is 0.472 e. The van der Waals surface area contributed by atoms with Gasteiger partial charge in [0.1, 0.15) is 19.8 Å². The Morgan fingerprint density at radius 3 is 0.667 bits per heavy atom. The van der Waals surface area contributed by atoms with Crippen LogP contribution in [-0.4, -0.2) is 74.9 Å². The fourth-order valence-electron chi connectivity index (χ4n) is 14.0. The van der Waals surface area contributed by atoms with Crippen LogP contribution in [0.15, 0.2) is 0 Å². The van der Waals surface area contributed by atoms with E-state index in [1.54, 1.807) is 0 Å². The Morgan fingerprint density at radius 1 is 0.281 bits per heavy atom. The van der Waals surface area contributed by atoms with Crippen molar-refractivity contribution in [3.8, 4) is 0 Å². The maximum absolute atomic E-state index is 12.9. The van der Waals surface area contributed by atoms with Crippen molar-refractivity contribution in [2.75, 3.05) is 47.5 Å². The van der Waals surface area contributed by atoms with Gasteiger partial charge in [0, 0.05) is 12.8 Å². The van der Waals surface area contributed by atoms with Crippen molar-refractivity contribution in [3.63, 3.8) is 0 Å². The van der Waals surface area contributed by atoms with Gasteiger partial charge in [-0.15, -0.1) is 0 Å². The van der Waals surface area contributed by atoms with Gasteiger partial charge in [0.2, 0.25) is 0 Å². The molecule has 0 aliphatic rings. The predicted molar refractivity (Wildman–Crippen MR) is 418 cm³/mol. The fourth-order valence-corrected chi connectivity index (χ4v) is 14.7. The summed E-state index contributed by atoms with van der Waals surface area (Å²) in [7, 11) is 1.51. The van der Waals surface area contributed by atoms with Crippen molar-refractivity contribution >= 4 is 19.8 Å². The molecule has 0 bridgehead atoms. The Morgan fingerprint density at radius 2 is 0.469 bits per heavy atom. The highest BCUT2D eigenvalue weighted by molar-refractivity contribution is 7.47. The van der Waals surface area contributed by atoms with E-state index in [0.29, 0.717) is 17.4 Å². The zero-order chi connectivity index (χ0) is 69.7. The number of esters is 2. The molecule has 0 fully saturated rings. The molecule has 0 saturated heterocycles. The molecule has 10 heteroatoms. The Kier molecular flexibility index (Phi) is 77.3. The molecule has 9 nitrogen and oxygen atoms in total.